The molecule has 2 heterocycles. The summed E-state index contributed by atoms with van der Waals surface area (Å²) in [6.07, 6.45) is 0.234. The lowest BCUT2D eigenvalue weighted by Crippen LogP contribution is -2.14. The molecule has 0 aliphatic carbocycles. The first kappa shape index (κ1) is 14.8. The van der Waals surface area contributed by atoms with Crippen LogP contribution >= 0.6 is 11.3 Å². The van der Waals surface area contributed by atoms with E-state index in [0.717, 1.165) is 32.2 Å². The van der Waals surface area contributed by atoms with Gasteiger partial charge < -0.3 is 9.84 Å². The van der Waals surface area contributed by atoms with Crippen molar-refractivity contribution >= 4 is 43.4 Å². The van der Waals surface area contributed by atoms with Gasteiger partial charge in [0, 0.05) is 10.9 Å². The average molecular weight is 337 g/mol. The van der Waals surface area contributed by atoms with Crippen molar-refractivity contribution in [2.24, 2.45) is 0 Å². The lowest BCUT2D eigenvalue weighted by atomic mass is 10.1. The molecule has 2 aromatic heterocycles. The minimum Gasteiger partial charge on any atom is -0.361 e. The van der Waals surface area contributed by atoms with Gasteiger partial charge in [0.25, 0.3) is 0 Å². The first-order chi connectivity index (χ1) is 11.6. The summed E-state index contributed by atoms with van der Waals surface area (Å²) < 4.78 is 6.16. The van der Waals surface area contributed by atoms with E-state index in [1.165, 1.54) is 11.3 Å². The molecule has 0 unspecified atom stereocenters. The molecule has 120 valence electrons. The van der Waals surface area contributed by atoms with Gasteiger partial charge in [-0.3, -0.25) is 4.79 Å². The van der Waals surface area contributed by atoms with Crippen LogP contribution in [0.2, 0.25) is 0 Å². The third-order valence-corrected chi connectivity index (χ3v) is 4.98. The van der Waals surface area contributed by atoms with Crippen molar-refractivity contribution in [1.82, 2.24) is 10.1 Å². The molecule has 0 saturated carbocycles. The summed E-state index contributed by atoms with van der Waals surface area (Å²) in [7, 11) is 0. The van der Waals surface area contributed by atoms with Crippen LogP contribution in [0.4, 0.5) is 5.13 Å². The quantitative estimate of drug-likeness (QED) is 0.607. The highest BCUT2D eigenvalue weighted by molar-refractivity contribution is 7.22. The fourth-order valence-corrected chi connectivity index (χ4v) is 3.69. The fourth-order valence-electron chi connectivity index (χ4n) is 2.79. The summed E-state index contributed by atoms with van der Waals surface area (Å²) in [5.74, 6) is 0.561. The van der Waals surface area contributed by atoms with Crippen molar-refractivity contribution in [3.05, 3.63) is 53.4 Å². The number of aromatic nitrogens is 2. The molecule has 0 atom stereocenters. The maximum atomic E-state index is 12.3. The number of thiazole rings is 1. The van der Waals surface area contributed by atoms with Gasteiger partial charge in [0.15, 0.2) is 5.13 Å². The van der Waals surface area contributed by atoms with E-state index in [-0.39, 0.29) is 12.3 Å². The van der Waals surface area contributed by atoms with Gasteiger partial charge in [0.05, 0.1) is 22.3 Å². The van der Waals surface area contributed by atoms with Gasteiger partial charge in [-0.05, 0) is 25.3 Å². The van der Waals surface area contributed by atoms with Crippen molar-refractivity contribution < 1.29 is 9.32 Å². The Balaban J connectivity index is 1.63. The standard InChI is InChI=1S/C18H15N3O2S/c1-10-14(11(2)23-21-10)9-16(22)19-18-20-17-13-6-4-3-5-12(13)7-8-15(17)24-18/h3-8H,9H2,1-2H3,(H,19,20,22). The van der Waals surface area contributed by atoms with E-state index in [1.54, 1.807) is 0 Å². The third-order valence-electron chi connectivity index (χ3n) is 4.05. The molecule has 0 radical (unpaired) electrons. The normalized spacial score (nSPS) is 11.2. The number of nitrogens with zero attached hydrogens (tertiary/aromatic N) is 2. The highest BCUT2D eigenvalue weighted by Crippen LogP contribution is 2.31. The number of anilines is 1. The van der Waals surface area contributed by atoms with E-state index in [9.17, 15) is 4.79 Å². The molecule has 24 heavy (non-hydrogen) atoms. The van der Waals surface area contributed by atoms with Crippen LogP contribution < -0.4 is 5.32 Å². The molecule has 2 aromatic carbocycles. The highest BCUT2D eigenvalue weighted by atomic mass is 32.1. The number of aryl methyl sites for hydroxylation is 2. The predicted octanol–water partition coefficient (Wildman–Crippen LogP) is 4.24. The van der Waals surface area contributed by atoms with Crippen molar-refractivity contribution in [2.45, 2.75) is 20.3 Å². The minimum absolute atomic E-state index is 0.118. The third kappa shape index (κ3) is 2.55. The van der Waals surface area contributed by atoms with Crippen molar-refractivity contribution in [3.63, 3.8) is 0 Å². The van der Waals surface area contributed by atoms with Gasteiger partial charge in [-0.1, -0.05) is 46.8 Å². The van der Waals surface area contributed by atoms with Crippen LogP contribution in [0.25, 0.3) is 21.0 Å². The Morgan fingerprint density at radius 1 is 1.21 bits per heavy atom. The first-order valence-corrected chi connectivity index (χ1v) is 8.43. The Hall–Kier alpha value is -2.73. The summed E-state index contributed by atoms with van der Waals surface area (Å²) >= 11 is 1.48. The summed E-state index contributed by atoms with van der Waals surface area (Å²) in [6.45, 7) is 3.65. The van der Waals surface area contributed by atoms with E-state index < -0.39 is 0 Å². The molecule has 0 aliphatic rings. The number of amides is 1. The predicted molar refractivity (Wildman–Crippen MR) is 95.4 cm³/mol. The van der Waals surface area contributed by atoms with Crippen molar-refractivity contribution in [2.75, 3.05) is 5.32 Å². The zero-order valence-corrected chi connectivity index (χ0v) is 14.1. The number of benzene rings is 2. The van der Waals surface area contributed by atoms with Crippen LogP contribution in [0.5, 0.6) is 0 Å². The maximum absolute atomic E-state index is 12.3. The number of carbonyl (C=O) groups is 1. The lowest BCUT2D eigenvalue weighted by Gasteiger charge is -2.00. The van der Waals surface area contributed by atoms with Crippen LogP contribution in [0, 0.1) is 13.8 Å². The maximum Gasteiger partial charge on any atom is 0.230 e. The smallest absolute Gasteiger partial charge is 0.230 e. The number of fused-ring (bicyclic) bond motifs is 3. The molecule has 4 rings (SSSR count). The van der Waals surface area contributed by atoms with Gasteiger partial charge in [-0.25, -0.2) is 4.98 Å². The first-order valence-electron chi connectivity index (χ1n) is 7.62. The molecule has 5 nitrogen and oxygen atoms in total. The SMILES string of the molecule is Cc1noc(C)c1CC(=O)Nc1nc2c(ccc3ccccc32)s1. The average Bonchev–Trinajstić information content (AvgIpc) is 3.12. The number of nitrogens with one attached hydrogen (secondary N) is 1. The second kappa shape index (κ2) is 5.72. The number of rotatable bonds is 3. The summed E-state index contributed by atoms with van der Waals surface area (Å²) in [5, 5.41) is 9.61. The minimum atomic E-state index is -0.118. The monoisotopic (exact) mass is 337 g/mol. The summed E-state index contributed by atoms with van der Waals surface area (Å²) in [4.78, 5) is 16.9. The van der Waals surface area contributed by atoms with E-state index in [4.69, 9.17) is 4.52 Å². The molecule has 0 bridgehead atoms. The molecule has 1 amide bonds. The van der Waals surface area contributed by atoms with Crippen LogP contribution in [0.1, 0.15) is 17.0 Å². The Morgan fingerprint density at radius 3 is 2.83 bits per heavy atom. The van der Waals surface area contributed by atoms with Crippen LogP contribution in [-0.4, -0.2) is 16.0 Å². The second-order valence-electron chi connectivity index (χ2n) is 5.68. The van der Waals surface area contributed by atoms with Gasteiger partial charge in [0.1, 0.15) is 5.76 Å². The number of hydrogen-bond donors (Lipinski definition) is 1. The number of carbonyl (C=O) groups excluding carboxylic acids is 1. The zero-order chi connectivity index (χ0) is 16.7. The van der Waals surface area contributed by atoms with Crippen molar-refractivity contribution in [1.29, 1.82) is 0 Å². The zero-order valence-electron chi connectivity index (χ0n) is 13.3. The molecule has 0 saturated heterocycles. The van der Waals surface area contributed by atoms with E-state index in [0.29, 0.717) is 10.9 Å². The van der Waals surface area contributed by atoms with Gasteiger partial charge in [-0.2, -0.15) is 0 Å². The Bertz CT molecular complexity index is 1050. The number of hydrogen-bond acceptors (Lipinski definition) is 5. The topological polar surface area (TPSA) is 68.0 Å². The van der Waals surface area contributed by atoms with Gasteiger partial charge in [0.2, 0.25) is 5.91 Å². The molecule has 0 spiro atoms. The molecule has 4 aromatic rings. The van der Waals surface area contributed by atoms with Crippen molar-refractivity contribution in [3.8, 4) is 0 Å². The fraction of sp³-hybridized carbons (Fsp3) is 0.167. The van der Waals surface area contributed by atoms with Crippen LogP contribution in [-0.2, 0) is 11.2 Å². The Labute approximate surface area is 142 Å². The second-order valence-corrected chi connectivity index (χ2v) is 6.71. The largest absolute Gasteiger partial charge is 0.361 e. The van der Waals surface area contributed by atoms with Gasteiger partial charge >= 0.3 is 0 Å². The highest BCUT2D eigenvalue weighted by Gasteiger charge is 2.15. The van der Waals surface area contributed by atoms with E-state index >= 15 is 0 Å². The Kier molecular flexibility index (Phi) is 3.54. The van der Waals surface area contributed by atoms with E-state index in [2.05, 4.69) is 27.6 Å². The van der Waals surface area contributed by atoms with E-state index in [1.807, 2.05) is 38.1 Å². The Morgan fingerprint density at radius 2 is 2.04 bits per heavy atom. The molecule has 0 aliphatic heterocycles. The molecule has 0 fully saturated rings. The van der Waals surface area contributed by atoms with Crippen LogP contribution in [0.15, 0.2) is 40.9 Å². The summed E-state index contributed by atoms with van der Waals surface area (Å²) in [6, 6.07) is 12.2. The van der Waals surface area contributed by atoms with Crippen LogP contribution in [0.3, 0.4) is 0 Å². The lowest BCUT2D eigenvalue weighted by molar-refractivity contribution is -0.115. The molecule has 1 N–H and O–H groups in total. The molecular weight excluding hydrogens is 322 g/mol. The molecular formula is C18H15N3O2S. The molecule has 6 heteroatoms. The summed E-state index contributed by atoms with van der Waals surface area (Å²) in [5.41, 5.74) is 2.50. The van der Waals surface area contributed by atoms with Gasteiger partial charge in [-0.15, -0.1) is 0 Å².